The van der Waals surface area contributed by atoms with Gasteiger partial charge < -0.3 is 4.57 Å². The zero-order chi connectivity index (χ0) is 20.4. The maximum atomic E-state index is 12.4. The molecule has 0 spiro atoms. The van der Waals surface area contributed by atoms with Crippen LogP contribution in [0.4, 0.5) is 5.69 Å². The van der Waals surface area contributed by atoms with Crippen molar-refractivity contribution in [1.82, 2.24) is 9.99 Å². The quantitative estimate of drug-likeness (QED) is 0.277. The van der Waals surface area contributed by atoms with Gasteiger partial charge in [-0.3, -0.25) is 14.9 Å². The van der Waals surface area contributed by atoms with Gasteiger partial charge in [0.2, 0.25) is 0 Å². The number of nitro benzene ring substituents is 1. The molecule has 0 saturated carbocycles. The van der Waals surface area contributed by atoms with Crippen LogP contribution in [0.5, 0.6) is 0 Å². The highest BCUT2D eigenvalue weighted by Crippen LogP contribution is 2.28. The number of aromatic nitrogens is 1. The third-order valence-electron chi connectivity index (χ3n) is 4.18. The number of nitro groups is 1. The zero-order valence-corrected chi connectivity index (χ0v) is 16.4. The van der Waals surface area contributed by atoms with E-state index in [0.29, 0.717) is 15.3 Å². The van der Waals surface area contributed by atoms with Crippen LogP contribution in [0, 0.1) is 10.1 Å². The van der Waals surface area contributed by atoms with Crippen LogP contribution in [-0.2, 0) is 0 Å². The number of non-ortho nitro benzene ring substituents is 1. The Bertz CT molecular complexity index is 1240. The summed E-state index contributed by atoms with van der Waals surface area (Å²) in [5, 5.41) is 16.2. The Kier molecular flexibility index (Phi) is 5.11. The molecule has 9 heteroatoms. The molecular weight excluding hydrogens is 412 g/mol. The van der Waals surface area contributed by atoms with E-state index in [-0.39, 0.29) is 11.6 Å². The fraction of sp³-hybridized carbons (Fsp3) is 0. The molecule has 144 valence electrons. The van der Waals surface area contributed by atoms with Crippen LogP contribution in [0.25, 0.3) is 15.8 Å². The SMILES string of the molecule is O=C(N/N=C\c1cccn1-c1ccc(Cl)cc1)c1cc2cc([N+](=O)[O-])ccc2s1. The van der Waals surface area contributed by atoms with E-state index < -0.39 is 4.92 Å². The molecule has 29 heavy (non-hydrogen) atoms. The second kappa shape index (κ2) is 7.86. The third-order valence-corrected chi connectivity index (χ3v) is 5.55. The number of halogens is 1. The molecule has 0 fully saturated rings. The lowest BCUT2D eigenvalue weighted by atomic mass is 10.2. The summed E-state index contributed by atoms with van der Waals surface area (Å²) in [6, 6.07) is 17.2. The van der Waals surface area contributed by atoms with E-state index in [9.17, 15) is 14.9 Å². The van der Waals surface area contributed by atoms with Gasteiger partial charge in [0.25, 0.3) is 11.6 Å². The largest absolute Gasteiger partial charge is 0.316 e. The van der Waals surface area contributed by atoms with E-state index in [1.54, 1.807) is 30.5 Å². The molecule has 2 aromatic heterocycles. The summed E-state index contributed by atoms with van der Waals surface area (Å²) >= 11 is 7.18. The number of nitrogens with one attached hydrogen (secondary N) is 1. The van der Waals surface area contributed by atoms with E-state index >= 15 is 0 Å². The van der Waals surface area contributed by atoms with Crippen molar-refractivity contribution in [3.8, 4) is 5.69 Å². The molecule has 2 heterocycles. The molecule has 1 N–H and O–H groups in total. The number of hydrogen-bond acceptors (Lipinski definition) is 5. The van der Waals surface area contributed by atoms with Crippen molar-refractivity contribution in [1.29, 1.82) is 0 Å². The summed E-state index contributed by atoms with van der Waals surface area (Å²) < 4.78 is 2.70. The van der Waals surface area contributed by atoms with Crippen molar-refractivity contribution in [2.75, 3.05) is 0 Å². The van der Waals surface area contributed by atoms with Gasteiger partial charge >= 0.3 is 0 Å². The summed E-state index contributed by atoms with van der Waals surface area (Å²) in [7, 11) is 0. The molecule has 7 nitrogen and oxygen atoms in total. The molecule has 1 amide bonds. The first-order valence-electron chi connectivity index (χ1n) is 8.46. The Hall–Kier alpha value is -3.49. The van der Waals surface area contributed by atoms with Crippen LogP contribution >= 0.6 is 22.9 Å². The second-order valence-corrected chi connectivity index (χ2v) is 7.59. The number of hydrazone groups is 1. The fourth-order valence-electron chi connectivity index (χ4n) is 2.80. The first-order chi connectivity index (χ1) is 14.0. The molecule has 0 saturated heterocycles. The fourth-order valence-corrected chi connectivity index (χ4v) is 3.86. The van der Waals surface area contributed by atoms with Gasteiger partial charge in [0.1, 0.15) is 0 Å². The van der Waals surface area contributed by atoms with Gasteiger partial charge in [0.05, 0.1) is 21.7 Å². The van der Waals surface area contributed by atoms with Crippen LogP contribution in [0.1, 0.15) is 15.4 Å². The number of rotatable bonds is 5. The average Bonchev–Trinajstić information content (AvgIpc) is 3.34. The van der Waals surface area contributed by atoms with Crippen LogP contribution in [0.3, 0.4) is 0 Å². The molecule has 0 bridgehead atoms. The number of thiophene rings is 1. The first-order valence-corrected chi connectivity index (χ1v) is 9.65. The van der Waals surface area contributed by atoms with Gasteiger partial charge in [-0.25, -0.2) is 5.43 Å². The summed E-state index contributed by atoms with van der Waals surface area (Å²) in [6.07, 6.45) is 3.43. The summed E-state index contributed by atoms with van der Waals surface area (Å²) in [6.45, 7) is 0. The van der Waals surface area contributed by atoms with E-state index in [0.717, 1.165) is 16.1 Å². The summed E-state index contributed by atoms with van der Waals surface area (Å²) in [5.41, 5.74) is 4.18. The van der Waals surface area contributed by atoms with Crippen LogP contribution in [-0.4, -0.2) is 21.6 Å². The first kappa shape index (κ1) is 18.9. The molecule has 0 aliphatic rings. The van der Waals surface area contributed by atoms with Crippen molar-refractivity contribution < 1.29 is 9.72 Å². The maximum absolute atomic E-state index is 12.4. The highest BCUT2D eigenvalue weighted by molar-refractivity contribution is 7.20. The minimum atomic E-state index is -0.461. The monoisotopic (exact) mass is 424 g/mol. The van der Waals surface area contributed by atoms with Gasteiger partial charge in [-0.15, -0.1) is 11.3 Å². The molecule has 0 atom stereocenters. The molecular formula is C20H13ClN4O3S. The Morgan fingerprint density at radius 3 is 2.72 bits per heavy atom. The predicted octanol–water partition coefficient (Wildman–Crippen LogP) is 5.02. The Balaban J connectivity index is 1.49. The van der Waals surface area contributed by atoms with Crippen LogP contribution in [0.15, 0.2) is 72.0 Å². The second-order valence-electron chi connectivity index (χ2n) is 6.07. The number of fused-ring (bicyclic) bond motifs is 1. The number of hydrogen-bond donors (Lipinski definition) is 1. The summed E-state index contributed by atoms with van der Waals surface area (Å²) in [5.74, 6) is -0.380. The standard InChI is InChI=1S/C20H13ClN4O3S/c21-14-3-5-15(6-4-14)24-9-1-2-17(24)12-22-23-20(26)19-11-13-10-16(25(27)28)7-8-18(13)29-19/h1-12H,(H,23,26)/b22-12-. The van der Waals surface area contributed by atoms with Gasteiger partial charge in [0, 0.05) is 39.1 Å². The smallest absolute Gasteiger partial charge is 0.281 e. The Morgan fingerprint density at radius 1 is 1.17 bits per heavy atom. The van der Waals surface area contributed by atoms with Crippen molar-refractivity contribution in [3.63, 3.8) is 0 Å². The molecule has 0 radical (unpaired) electrons. The minimum absolute atomic E-state index is 0.0109. The van der Waals surface area contributed by atoms with Crippen LogP contribution < -0.4 is 5.43 Å². The number of nitrogens with zero attached hydrogens (tertiary/aromatic N) is 3. The minimum Gasteiger partial charge on any atom is -0.316 e. The van der Waals surface area contributed by atoms with Gasteiger partial charge in [-0.1, -0.05) is 11.6 Å². The number of benzene rings is 2. The van der Waals surface area contributed by atoms with Crippen molar-refractivity contribution in [2.45, 2.75) is 0 Å². The predicted molar refractivity (Wildman–Crippen MR) is 114 cm³/mol. The van der Waals surface area contributed by atoms with E-state index in [4.69, 9.17) is 11.6 Å². The molecule has 0 aliphatic heterocycles. The molecule has 4 aromatic rings. The van der Waals surface area contributed by atoms with Crippen molar-refractivity contribution >= 4 is 50.8 Å². The average molecular weight is 425 g/mol. The third kappa shape index (κ3) is 4.03. The highest BCUT2D eigenvalue weighted by atomic mass is 35.5. The number of carbonyl (C=O) groups is 1. The lowest BCUT2D eigenvalue weighted by Gasteiger charge is -2.06. The Morgan fingerprint density at radius 2 is 1.97 bits per heavy atom. The molecule has 2 aromatic carbocycles. The zero-order valence-electron chi connectivity index (χ0n) is 14.8. The number of carbonyl (C=O) groups excluding carboxylic acids is 1. The lowest BCUT2D eigenvalue weighted by Crippen LogP contribution is -2.16. The summed E-state index contributed by atoms with van der Waals surface area (Å²) in [4.78, 5) is 23.2. The van der Waals surface area contributed by atoms with E-state index in [2.05, 4.69) is 10.5 Å². The normalized spacial score (nSPS) is 11.2. The molecule has 0 aliphatic carbocycles. The highest BCUT2D eigenvalue weighted by Gasteiger charge is 2.13. The van der Waals surface area contributed by atoms with Gasteiger partial charge in [0.15, 0.2) is 0 Å². The van der Waals surface area contributed by atoms with E-state index in [1.807, 2.05) is 35.0 Å². The van der Waals surface area contributed by atoms with E-state index in [1.165, 1.54) is 23.5 Å². The van der Waals surface area contributed by atoms with Gasteiger partial charge in [-0.2, -0.15) is 5.10 Å². The molecule has 0 unspecified atom stereocenters. The van der Waals surface area contributed by atoms with Crippen molar-refractivity contribution in [2.24, 2.45) is 5.10 Å². The molecule has 4 rings (SSSR count). The van der Waals surface area contributed by atoms with Gasteiger partial charge in [-0.05, 0) is 48.5 Å². The maximum Gasteiger partial charge on any atom is 0.281 e. The topological polar surface area (TPSA) is 89.5 Å². The Labute approximate surface area is 174 Å². The lowest BCUT2D eigenvalue weighted by molar-refractivity contribution is -0.384. The van der Waals surface area contributed by atoms with Crippen molar-refractivity contribution in [3.05, 3.63) is 92.6 Å². The number of amides is 1. The van der Waals surface area contributed by atoms with Crippen LogP contribution in [0.2, 0.25) is 5.02 Å².